The van der Waals surface area contributed by atoms with Crippen LogP contribution in [0.5, 0.6) is 0 Å². The van der Waals surface area contributed by atoms with E-state index in [9.17, 15) is 0 Å². The molecular formula is C3H3ClN4. The Hall–Kier alpha value is -0.900. The van der Waals surface area contributed by atoms with E-state index in [1.165, 1.54) is 12.7 Å². The van der Waals surface area contributed by atoms with Crippen LogP contribution in [0.15, 0.2) is 12.7 Å². The van der Waals surface area contributed by atoms with E-state index in [4.69, 9.17) is 17.0 Å². The molecule has 0 bridgehead atoms. The molecule has 8 heavy (non-hydrogen) atoms. The molecule has 0 spiro atoms. The van der Waals surface area contributed by atoms with E-state index >= 15 is 0 Å². The number of nitrogens with zero attached hydrogens (tertiary/aromatic N) is 3. The van der Waals surface area contributed by atoms with Crippen LogP contribution in [0.4, 0.5) is 0 Å². The van der Waals surface area contributed by atoms with E-state index in [-0.39, 0.29) is 5.29 Å². The first-order valence-electron chi connectivity index (χ1n) is 1.90. The Balaban J connectivity index is 2.93. The van der Waals surface area contributed by atoms with Crippen LogP contribution in [0.3, 0.4) is 0 Å². The van der Waals surface area contributed by atoms with Gasteiger partial charge in [0.25, 0.3) is 0 Å². The summed E-state index contributed by atoms with van der Waals surface area (Å²) in [6.07, 6.45) is 2.67. The van der Waals surface area contributed by atoms with Crippen LogP contribution in [-0.2, 0) is 0 Å². The van der Waals surface area contributed by atoms with Crippen LogP contribution in [0.1, 0.15) is 0 Å². The Kier molecular flexibility index (Phi) is 1.26. The summed E-state index contributed by atoms with van der Waals surface area (Å²) in [5.74, 6) is 0. The van der Waals surface area contributed by atoms with Gasteiger partial charge in [0, 0.05) is 0 Å². The quantitative estimate of drug-likeness (QED) is 0.406. The molecule has 0 saturated carbocycles. The Bertz CT molecular complexity index is 179. The zero-order valence-electron chi connectivity index (χ0n) is 3.87. The minimum Gasteiger partial charge on any atom is -0.272 e. The lowest BCUT2D eigenvalue weighted by Gasteiger charge is -1.86. The van der Waals surface area contributed by atoms with Gasteiger partial charge in [-0.25, -0.2) is 4.98 Å². The highest BCUT2D eigenvalue weighted by Crippen LogP contribution is 1.82. The lowest BCUT2D eigenvalue weighted by molar-refractivity contribution is 0.940. The van der Waals surface area contributed by atoms with Gasteiger partial charge in [0.15, 0.2) is 0 Å². The van der Waals surface area contributed by atoms with E-state index in [0.717, 1.165) is 4.68 Å². The molecule has 0 aliphatic rings. The van der Waals surface area contributed by atoms with Crippen molar-refractivity contribution in [1.29, 1.82) is 5.41 Å². The van der Waals surface area contributed by atoms with Gasteiger partial charge in [-0.15, -0.1) is 0 Å². The lowest BCUT2D eigenvalue weighted by atomic mass is 11.2. The third-order valence-electron chi connectivity index (χ3n) is 0.620. The summed E-state index contributed by atoms with van der Waals surface area (Å²) in [5.41, 5.74) is 0. The number of hydrogen-bond donors (Lipinski definition) is 1. The van der Waals surface area contributed by atoms with Crippen molar-refractivity contribution in [1.82, 2.24) is 14.8 Å². The number of hydrogen-bond acceptors (Lipinski definition) is 3. The average Bonchev–Trinajstić information content (AvgIpc) is 2.12. The minimum atomic E-state index is -0.150. The van der Waals surface area contributed by atoms with Crippen molar-refractivity contribution in [3.63, 3.8) is 0 Å². The molecule has 42 valence electrons. The first-order valence-corrected chi connectivity index (χ1v) is 2.27. The van der Waals surface area contributed by atoms with Crippen molar-refractivity contribution in [2.45, 2.75) is 0 Å². The van der Waals surface area contributed by atoms with Crippen molar-refractivity contribution in [3.05, 3.63) is 12.7 Å². The Morgan fingerprint density at radius 1 is 1.75 bits per heavy atom. The van der Waals surface area contributed by atoms with E-state index in [0.29, 0.717) is 0 Å². The molecule has 0 aliphatic carbocycles. The molecule has 1 aromatic rings. The van der Waals surface area contributed by atoms with Gasteiger partial charge in [0.1, 0.15) is 12.7 Å². The molecule has 5 heteroatoms. The summed E-state index contributed by atoms with van der Waals surface area (Å²) in [6, 6.07) is 0. The predicted molar refractivity (Wildman–Crippen MR) is 29.0 cm³/mol. The predicted octanol–water partition coefficient (Wildman–Crippen LogP) is 0.300. The zero-order chi connectivity index (χ0) is 5.98. The molecule has 0 atom stereocenters. The highest BCUT2D eigenvalue weighted by Gasteiger charge is 1.90. The summed E-state index contributed by atoms with van der Waals surface area (Å²) in [4.78, 5) is 3.57. The van der Waals surface area contributed by atoms with E-state index in [2.05, 4.69) is 10.1 Å². The Morgan fingerprint density at radius 2 is 2.50 bits per heavy atom. The number of rotatable bonds is 0. The first-order chi connectivity index (χ1) is 3.80. The number of aromatic nitrogens is 3. The molecule has 4 nitrogen and oxygen atoms in total. The maximum atomic E-state index is 6.78. The molecule has 0 aromatic carbocycles. The van der Waals surface area contributed by atoms with Gasteiger partial charge in [0.05, 0.1) is 0 Å². The van der Waals surface area contributed by atoms with Crippen LogP contribution < -0.4 is 0 Å². The zero-order valence-corrected chi connectivity index (χ0v) is 4.63. The van der Waals surface area contributed by atoms with Gasteiger partial charge in [0.2, 0.25) is 5.29 Å². The SMILES string of the molecule is N=C(Cl)n1cncn1. The van der Waals surface area contributed by atoms with E-state index in [1.54, 1.807) is 0 Å². The van der Waals surface area contributed by atoms with Crippen LogP contribution in [-0.4, -0.2) is 20.1 Å². The molecule has 0 amide bonds. The fourth-order valence-corrected chi connectivity index (χ4v) is 0.397. The maximum Gasteiger partial charge on any atom is 0.217 e. The van der Waals surface area contributed by atoms with Crippen molar-refractivity contribution >= 4 is 16.9 Å². The highest BCUT2D eigenvalue weighted by molar-refractivity contribution is 6.64. The van der Waals surface area contributed by atoms with Crippen LogP contribution >= 0.6 is 11.6 Å². The molecule has 0 radical (unpaired) electrons. The maximum absolute atomic E-state index is 6.78. The van der Waals surface area contributed by atoms with Crippen molar-refractivity contribution in [2.75, 3.05) is 0 Å². The van der Waals surface area contributed by atoms with Gasteiger partial charge in [-0.1, -0.05) is 0 Å². The molecule has 0 aliphatic heterocycles. The smallest absolute Gasteiger partial charge is 0.217 e. The van der Waals surface area contributed by atoms with Crippen molar-refractivity contribution < 1.29 is 0 Å². The molecule has 1 rings (SSSR count). The molecule has 0 unspecified atom stereocenters. The molecular weight excluding hydrogens is 128 g/mol. The number of nitrogens with one attached hydrogen (secondary N) is 1. The van der Waals surface area contributed by atoms with Crippen LogP contribution in [0, 0.1) is 5.41 Å². The summed E-state index contributed by atoms with van der Waals surface area (Å²) in [7, 11) is 0. The van der Waals surface area contributed by atoms with Crippen molar-refractivity contribution in [2.24, 2.45) is 0 Å². The summed E-state index contributed by atoms with van der Waals surface area (Å²) in [6.45, 7) is 0. The average molecular weight is 131 g/mol. The standard InChI is InChI=1S/C3H3ClN4/c4-3(5)8-2-6-1-7-8/h1-2,5H. The highest BCUT2D eigenvalue weighted by atomic mass is 35.5. The van der Waals surface area contributed by atoms with Crippen LogP contribution in [0.25, 0.3) is 0 Å². The second kappa shape index (κ2) is 1.92. The van der Waals surface area contributed by atoms with Gasteiger partial charge < -0.3 is 0 Å². The Labute approximate surface area is 50.6 Å². The summed E-state index contributed by atoms with van der Waals surface area (Å²) < 4.78 is 1.15. The fourth-order valence-electron chi connectivity index (χ4n) is 0.310. The normalized spacial score (nSPS) is 9.12. The Morgan fingerprint density at radius 3 is 2.75 bits per heavy atom. The van der Waals surface area contributed by atoms with E-state index < -0.39 is 0 Å². The monoisotopic (exact) mass is 130 g/mol. The molecule has 0 saturated heterocycles. The summed E-state index contributed by atoms with van der Waals surface area (Å²) >= 11 is 5.19. The summed E-state index contributed by atoms with van der Waals surface area (Å²) in [5, 5.41) is 10.2. The largest absolute Gasteiger partial charge is 0.272 e. The topological polar surface area (TPSA) is 54.6 Å². The van der Waals surface area contributed by atoms with Gasteiger partial charge in [-0.3, -0.25) is 5.41 Å². The second-order valence-electron chi connectivity index (χ2n) is 1.13. The molecule has 1 heterocycles. The number of halogens is 1. The third-order valence-corrected chi connectivity index (χ3v) is 0.793. The van der Waals surface area contributed by atoms with Gasteiger partial charge in [-0.05, 0) is 11.6 Å². The first kappa shape index (κ1) is 5.24. The second-order valence-corrected chi connectivity index (χ2v) is 1.49. The molecule has 1 aromatic heterocycles. The molecule has 1 N–H and O–H groups in total. The lowest BCUT2D eigenvalue weighted by Crippen LogP contribution is -2.01. The van der Waals surface area contributed by atoms with Crippen LogP contribution in [0.2, 0.25) is 0 Å². The molecule has 0 fully saturated rings. The minimum absolute atomic E-state index is 0.150. The fraction of sp³-hybridized carbons (Fsp3) is 0. The van der Waals surface area contributed by atoms with Crippen molar-refractivity contribution in [3.8, 4) is 0 Å². The van der Waals surface area contributed by atoms with E-state index in [1.807, 2.05) is 0 Å². The van der Waals surface area contributed by atoms with Gasteiger partial charge >= 0.3 is 0 Å². The van der Waals surface area contributed by atoms with Gasteiger partial charge in [-0.2, -0.15) is 9.78 Å². The third kappa shape index (κ3) is 0.840.